The van der Waals surface area contributed by atoms with Crippen LogP contribution in [0.5, 0.6) is 0 Å². The molecule has 0 radical (unpaired) electrons. The Bertz CT molecular complexity index is 172. The molecule has 1 aliphatic heterocycles. The van der Waals surface area contributed by atoms with Gasteiger partial charge in [-0.3, -0.25) is 4.21 Å². The molecule has 0 spiro atoms. The van der Waals surface area contributed by atoms with Crippen molar-refractivity contribution in [2.75, 3.05) is 11.5 Å². The topological polar surface area (TPSA) is 43.1 Å². The summed E-state index contributed by atoms with van der Waals surface area (Å²) in [6, 6.07) is 0.111. The van der Waals surface area contributed by atoms with E-state index in [9.17, 15) is 4.21 Å². The van der Waals surface area contributed by atoms with Gasteiger partial charge in [0.15, 0.2) is 0 Å². The van der Waals surface area contributed by atoms with Gasteiger partial charge in [0.05, 0.1) is 0 Å². The Morgan fingerprint density at radius 3 is 2.50 bits per heavy atom. The van der Waals surface area contributed by atoms with Crippen LogP contribution in [0.25, 0.3) is 0 Å². The Balaban J connectivity index is 2.71. The number of hydrogen-bond donors (Lipinski definition) is 1. The highest BCUT2D eigenvalue weighted by Gasteiger charge is 2.20. The first-order valence-electron chi connectivity index (χ1n) is 2.56. The van der Waals surface area contributed by atoms with Crippen LogP contribution < -0.4 is 5.73 Å². The third kappa shape index (κ3) is 1.40. The van der Waals surface area contributed by atoms with E-state index in [4.69, 9.17) is 16.9 Å². The first-order valence-corrected chi connectivity index (χ1v) is 5.38. The highest BCUT2D eigenvalue weighted by Crippen LogP contribution is 2.08. The molecule has 0 aromatic carbocycles. The maximum Gasteiger partial charge on any atom is 0.0410 e. The molecule has 0 bridgehead atoms. The van der Waals surface area contributed by atoms with Gasteiger partial charge in [0.2, 0.25) is 0 Å². The molecule has 0 amide bonds. The van der Waals surface area contributed by atoms with Gasteiger partial charge in [-0.25, -0.2) is 0 Å². The summed E-state index contributed by atoms with van der Waals surface area (Å²) >= 11 is 4.73. The van der Waals surface area contributed by atoms with Gasteiger partial charge in [-0.15, -0.1) is 0 Å². The zero-order valence-corrected chi connectivity index (χ0v) is 6.13. The van der Waals surface area contributed by atoms with Crippen molar-refractivity contribution in [3.8, 4) is 0 Å². The summed E-state index contributed by atoms with van der Waals surface area (Å²) in [6.07, 6.45) is 0.850. The Kier molecular flexibility index (Phi) is 1.56. The molecule has 2 atom stereocenters. The van der Waals surface area contributed by atoms with Crippen molar-refractivity contribution in [2.45, 2.75) is 12.5 Å². The second kappa shape index (κ2) is 1.93. The molecule has 0 aromatic heterocycles. The summed E-state index contributed by atoms with van der Waals surface area (Å²) in [4.78, 5) is 0. The third-order valence-electron chi connectivity index (χ3n) is 1.27. The quantitative estimate of drug-likeness (QED) is 0.506. The first kappa shape index (κ1) is 6.45. The molecule has 1 heterocycles. The van der Waals surface area contributed by atoms with Gasteiger partial charge in [0.25, 0.3) is 0 Å². The van der Waals surface area contributed by atoms with Gasteiger partial charge in [-0.1, -0.05) is 0 Å². The van der Waals surface area contributed by atoms with Gasteiger partial charge in [0.1, 0.15) is 0 Å². The van der Waals surface area contributed by atoms with Gasteiger partial charge in [-0.2, -0.15) is 0 Å². The molecule has 1 fully saturated rings. The number of rotatable bonds is 0. The molecule has 48 valence electrons. The van der Waals surface area contributed by atoms with E-state index in [-0.39, 0.29) is 6.04 Å². The van der Waals surface area contributed by atoms with Crippen LogP contribution >= 0.6 is 0 Å². The molecular weight excluding hydrogens is 142 g/mol. The third-order valence-corrected chi connectivity index (χ3v) is 3.97. The minimum absolute atomic E-state index is 0.111. The summed E-state index contributed by atoms with van der Waals surface area (Å²) in [5.41, 5.74) is 5.46. The lowest BCUT2D eigenvalue weighted by molar-refractivity contribution is 0.685. The van der Waals surface area contributed by atoms with Gasteiger partial charge in [-0.05, 0) is 17.6 Å². The normalized spacial score (nSPS) is 47.4. The van der Waals surface area contributed by atoms with Gasteiger partial charge < -0.3 is 5.73 Å². The summed E-state index contributed by atoms with van der Waals surface area (Å²) in [5, 5.41) is 0. The van der Waals surface area contributed by atoms with E-state index in [0.29, 0.717) is 11.5 Å². The summed E-state index contributed by atoms with van der Waals surface area (Å²) in [6.45, 7) is 0. The largest absolute Gasteiger partial charge is 0.327 e. The Labute approximate surface area is 54.1 Å². The minimum Gasteiger partial charge on any atom is -0.327 e. The monoisotopic (exact) mass is 151 g/mol. The van der Waals surface area contributed by atoms with Crippen LogP contribution in [0, 0.1) is 0 Å². The molecule has 0 saturated carbocycles. The van der Waals surface area contributed by atoms with Crippen molar-refractivity contribution >= 4 is 19.7 Å². The van der Waals surface area contributed by atoms with Crippen molar-refractivity contribution in [2.24, 2.45) is 5.73 Å². The first-order chi connectivity index (χ1) is 3.60. The lowest BCUT2D eigenvalue weighted by atomic mass is 10.3. The zero-order valence-electron chi connectivity index (χ0n) is 4.50. The predicted molar refractivity (Wildman–Crippen MR) is 37.8 cm³/mol. The fourth-order valence-electron chi connectivity index (χ4n) is 0.824. The van der Waals surface area contributed by atoms with Crippen LogP contribution in [-0.2, 0) is 19.7 Å². The van der Waals surface area contributed by atoms with Crippen LogP contribution in [0.1, 0.15) is 6.42 Å². The molecule has 2 nitrogen and oxygen atoms in total. The smallest absolute Gasteiger partial charge is 0.0410 e. The van der Waals surface area contributed by atoms with E-state index >= 15 is 0 Å². The van der Waals surface area contributed by atoms with Crippen LogP contribution in [0.4, 0.5) is 0 Å². The van der Waals surface area contributed by atoms with Crippen molar-refractivity contribution in [3.63, 3.8) is 0 Å². The maximum atomic E-state index is 10.9. The molecule has 1 rings (SSSR count). The Morgan fingerprint density at radius 1 is 1.75 bits per heavy atom. The van der Waals surface area contributed by atoms with E-state index < -0.39 is 8.49 Å². The number of nitrogens with two attached hydrogens (primary N) is 1. The van der Waals surface area contributed by atoms with E-state index in [1.807, 2.05) is 0 Å². The SMILES string of the molecule is NC1CCS(=O)(=S)C1. The van der Waals surface area contributed by atoms with Gasteiger partial charge >= 0.3 is 0 Å². The second-order valence-electron chi connectivity index (χ2n) is 2.16. The van der Waals surface area contributed by atoms with Crippen molar-refractivity contribution < 1.29 is 4.21 Å². The van der Waals surface area contributed by atoms with Crippen LogP contribution in [0.3, 0.4) is 0 Å². The standard InChI is InChI=1S/C4H9NOS2/c5-4-1-2-8(6,7)3-4/h4H,1-3,5H2. The maximum absolute atomic E-state index is 10.9. The fraction of sp³-hybridized carbons (Fsp3) is 1.00. The minimum atomic E-state index is -1.89. The van der Waals surface area contributed by atoms with Gasteiger partial charge in [0, 0.05) is 26.0 Å². The molecular formula is C4H9NOS2. The Hall–Kier alpha value is 0.330. The molecule has 0 aliphatic carbocycles. The summed E-state index contributed by atoms with van der Waals surface area (Å²) in [7, 11) is -1.89. The van der Waals surface area contributed by atoms with Crippen molar-refractivity contribution in [1.82, 2.24) is 0 Å². The lowest BCUT2D eigenvalue weighted by Crippen LogP contribution is -2.19. The average molecular weight is 151 g/mol. The molecule has 1 aliphatic rings. The highest BCUT2D eigenvalue weighted by molar-refractivity contribution is 8.33. The molecule has 2 unspecified atom stereocenters. The molecule has 0 aromatic rings. The lowest BCUT2D eigenvalue weighted by Gasteiger charge is -1.93. The zero-order chi connectivity index (χ0) is 6.20. The second-order valence-corrected chi connectivity index (χ2v) is 6.21. The fourth-order valence-corrected chi connectivity index (χ4v) is 3.28. The highest BCUT2D eigenvalue weighted by atomic mass is 32.8. The van der Waals surface area contributed by atoms with Crippen molar-refractivity contribution in [3.05, 3.63) is 0 Å². The van der Waals surface area contributed by atoms with Crippen LogP contribution in [0.15, 0.2) is 0 Å². The summed E-state index contributed by atoms with van der Waals surface area (Å²) in [5.74, 6) is 1.21. The van der Waals surface area contributed by atoms with Crippen molar-refractivity contribution in [1.29, 1.82) is 0 Å². The molecule has 4 heteroatoms. The van der Waals surface area contributed by atoms with E-state index in [1.165, 1.54) is 0 Å². The van der Waals surface area contributed by atoms with Crippen LogP contribution in [-0.4, -0.2) is 21.8 Å². The molecule has 2 N–H and O–H groups in total. The molecule has 8 heavy (non-hydrogen) atoms. The van der Waals surface area contributed by atoms with E-state index in [1.54, 1.807) is 0 Å². The molecule has 1 saturated heterocycles. The average Bonchev–Trinajstić information content (AvgIpc) is 1.82. The predicted octanol–water partition coefficient (Wildman–Crippen LogP) is -0.536. The van der Waals surface area contributed by atoms with E-state index in [0.717, 1.165) is 6.42 Å². The van der Waals surface area contributed by atoms with Crippen LogP contribution in [0.2, 0.25) is 0 Å². The number of hydrogen-bond acceptors (Lipinski definition) is 3. The Morgan fingerprint density at radius 2 is 2.38 bits per heavy atom. The summed E-state index contributed by atoms with van der Waals surface area (Å²) < 4.78 is 10.9. The van der Waals surface area contributed by atoms with E-state index in [2.05, 4.69) is 0 Å².